The van der Waals surface area contributed by atoms with Crippen LogP contribution in [0.3, 0.4) is 0 Å². The number of carbonyl (C=O) groups excluding carboxylic acids is 2. The second-order valence-electron chi connectivity index (χ2n) is 15.7. The molecule has 2 aromatic rings. The van der Waals surface area contributed by atoms with Gasteiger partial charge in [-0.3, -0.25) is 14.5 Å². The second-order valence-corrected chi connectivity index (χ2v) is 18.3. The zero-order valence-electron chi connectivity index (χ0n) is 30.0. The average Bonchev–Trinajstić information content (AvgIpc) is 3.00. The third kappa shape index (κ3) is 9.89. The Bertz CT molecular complexity index is 1490. The van der Waals surface area contributed by atoms with E-state index in [-0.39, 0.29) is 24.0 Å². The predicted octanol–water partition coefficient (Wildman–Crippen LogP) is 4.16. The fraction of sp³-hybridized carbons (Fsp3) is 0.632. The predicted molar refractivity (Wildman–Crippen MR) is 192 cm³/mol. The molecule has 2 fully saturated rings. The number of aryl methyl sites for hydroxylation is 1. The first-order valence-electron chi connectivity index (χ1n) is 17.5. The number of nitrogens with one attached hydrogen (secondary N) is 3. The molecule has 1 saturated heterocycles. The number of fused-ring (bicyclic) bond motifs is 1. The van der Waals surface area contributed by atoms with Gasteiger partial charge >= 0.3 is 0 Å². The van der Waals surface area contributed by atoms with Crippen molar-refractivity contribution >= 4 is 21.7 Å². The maximum Gasteiger partial charge on any atom is 0.239 e. The fourth-order valence-electron chi connectivity index (χ4n) is 7.30. The number of sulfone groups is 1. The molecule has 10 heteroatoms. The SMILES string of the molecule is Cc1ccccc1CN[C@H](C(=O)NC(Cc1ccccc1)C(O)CN1C[C@H]2CCCC[C@H]2CC1C(=O)NC(C)(C)C)C(C)(C)S(C)(=O)=O. The number of piperidine rings is 1. The van der Waals surface area contributed by atoms with Gasteiger partial charge < -0.3 is 21.1 Å². The molecule has 1 aliphatic heterocycles. The Balaban J connectivity index is 1.61. The Morgan fingerprint density at radius 2 is 1.58 bits per heavy atom. The monoisotopic (exact) mass is 682 g/mol. The minimum absolute atomic E-state index is 0.0299. The normalized spacial score (nSPS) is 22.6. The molecule has 48 heavy (non-hydrogen) atoms. The van der Waals surface area contributed by atoms with Crippen molar-refractivity contribution in [2.45, 2.75) is 121 Å². The van der Waals surface area contributed by atoms with Crippen LogP contribution < -0.4 is 16.0 Å². The van der Waals surface area contributed by atoms with Crippen LogP contribution in [0.2, 0.25) is 0 Å². The van der Waals surface area contributed by atoms with E-state index in [0.29, 0.717) is 24.8 Å². The lowest BCUT2D eigenvalue weighted by molar-refractivity contribution is -0.133. The standard InChI is InChI=1S/C38H58N4O5S/c1-26-15-11-12-19-29(26)23-39-34(38(5,6)48(7,46)47)36(45)40-31(21-27-16-9-8-10-17-27)33(43)25-42-24-30-20-14-13-18-28(30)22-32(42)35(44)41-37(2,3)4/h8-12,15-17,19,28,30-34,39,43H,13-14,18,20-25H2,1-7H3,(H,40,45)(H,41,44)/t28-,30+,31?,32?,33?,34+/m0/s1. The zero-order chi connectivity index (χ0) is 35.3. The highest BCUT2D eigenvalue weighted by Crippen LogP contribution is 2.39. The molecular formula is C38H58N4O5S. The summed E-state index contributed by atoms with van der Waals surface area (Å²) in [4.78, 5) is 30.0. The van der Waals surface area contributed by atoms with Crippen LogP contribution in [-0.2, 0) is 32.4 Å². The van der Waals surface area contributed by atoms with E-state index < -0.39 is 38.7 Å². The maximum atomic E-state index is 14.2. The van der Waals surface area contributed by atoms with E-state index in [1.54, 1.807) is 13.8 Å². The summed E-state index contributed by atoms with van der Waals surface area (Å²) in [7, 11) is -3.68. The van der Waals surface area contributed by atoms with Gasteiger partial charge in [0.15, 0.2) is 9.84 Å². The van der Waals surface area contributed by atoms with Gasteiger partial charge in [-0.25, -0.2) is 8.42 Å². The molecule has 266 valence electrons. The molecule has 1 heterocycles. The lowest BCUT2D eigenvalue weighted by atomic mass is 9.72. The number of rotatable bonds is 13. The molecule has 3 unspecified atom stereocenters. The minimum atomic E-state index is -3.68. The summed E-state index contributed by atoms with van der Waals surface area (Å²) in [6, 6.07) is 15.2. The Morgan fingerprint density at radius 1 is 0.958 bits per heavy atom. The number of aliphatic hydroxyl groups excluding tert-OH is 1. The van der Waals surface area contributed by atoms with E-state index in [1.165, 1.54) is 12.8 Å². The number of hydrogen-bond acceptors (Lipinski definition) is 7. The zero-order valence-corrected chi connectivity index (χ0v) is 30.8. The Morgan fingerprint density at radius 3 is 2.21 bits per heavy atom. The van der Waals surface area contributed by atoms with Gasteiger partial charge in [0.1, 0.15) is 6.04 Å². The van der Waals surface area contributed by atoms with E-state index in [2.05, 4.69) is 20.9 Å². The van der Waals surface area contributed by atoms with Gasteiger partial charge in [0.05, 0.1) is 22.9 Å². The minimum Gasteiger partial charge on any atom is -0.390 e. The maximum absolute atomic E-state index is 14.2. The molecule has 9 nitrogen and oxygen atoms in total. The summed E-state index contributed by atoms with van der Waals surface area (Å²) in [5.41, 5.74) is 2.54. The number of aliphatic hydroxyl groups is 1. The first-order chi connectivity index (χ1) is 22.5. The smallest absolute Gasteiger partial charge is 0.239 e. The van der Waals surface area contributed by atoms with Crippen LogP contribution in [0, 0.1) is 18.8 Å². The Kier molecular flexibility index (Phi) is 12.5. The third-order valence-corrected chi connectivity index (χ3v) is 12.6. The van der Waals surface area contributed by atoms with Crippen molar-refractivity contribution in [1.82, 2.24) is 20.9 Å². The van der Waals surface area contributed by atoms with Crippen LogP contribution >= 0.6 is 0 Å². The summed E-state index contributed by atoms with van der Waals surface area (Å²) in [6.07, 6.45) is 5.83. The van der Waals surface area contributed by atoms with Crippen molar-refractivity contribution in [3.8, 4) is 0 Å². The van der Waals surface area contributed by atoms with Crippen molar-refractivity contribution in [2.75, 3.05) is 19.3 Å². The molecule has 0 radical (unpaired) electrons. The van der Waals surface area contributed by atoms with Crippen LogP contribution in [0.25, 0.3) is 0 Å². The lowest BCUT2D eigenvalue weighted by Crippen LogP contribution is -2.63. The molecular weight excluding hydrogens is 625 g/mol. The van der Waals surface area contributed by atoms with Gasteiger partial charge in [-0.1, -0.05) is 73.9 Å². The van der Waals surface area contributed by atoms with Gasteiger partial charge in [0.25, 0.3) is 0 Å². The van der Waals surface area contributed by atoms with Crippen LogP contribution in [0.5, 0.6) is 0 Å². The molecule has 4 rings (SSSR count). The van der Waals surface area contributed by atoms with Gasteiger partial charge in [-0.2, -0.15) is 0 Å². The van der Waals surface area contributed by atoms with E-state index in [0.717, 1.165) is 48.8 Å². The van der Waals surface area contributed by atoms with Crippen molar-refractivity contribution in [1.29, 1.82) is 0 Å². The topological polar surface area (TPSA) is 128 Å². The fourth-order valence-corrected chi connectivity index (χ4v) is 7.92. The Hall–Kier alpha value is -2.79. The summed E-state index contributed by atoms with van der Waals surface area (Å²) in [5.74, 6) is 0.433. The number of amides is 2. The van der Waals surface area contributed by atoms with Crippen molar-refractivity contribution in [3.05, 3.63) is 71.3 Å². The number of hydrogen-bond donors (Lipinski definition) is 4. The first kappa shape index (κ1) is 38.0. The summed E-state index contributed by atoms with van der Waals surface area (Å²) in [5, 5.41) is 21.5. The van der Waals surface area contributed by atoms with Crippen LogP contribution in [0.4, 0.5) is 0 Å². The molecule has 1 aliphatic carbocycles. The van der Waals surface area contributed by atoms with E-state index in [9.17, 15) is 23.1 Å². The van der Waals surface area contributed by atoms with Gasteiger partial charge in [-0.15, -0.1) is 0 Å². The number of benzene rings is 2. The highest BCUT2D eigenvalue weighted by molar-refractivity contribution is 7.92. The van der Waals surface area contributed by atoms with E-state index in [4.69, 9.17) is 0 Å². The third-order valence-electron chi connectivity index (χ3n) is 10.5. The average molecular weight is 683 g/mol. The van der Waals surface area contributed by atoms with E-state index >= 15 is 0 Å². The van der Waals surface area contributed by atoms with Gasteiger partial charge in [0, 0.05) is 31.4 Å². The summed E-state index contributed by atoms with van der Waals surface area (Å²) < 4.78 is 24.7. The number of β-amino-alcohol motifs (C(OH)–C–C–N with tert-alkyl or cyclic N) is 1. The molecule has 0 spiro atoms. The van der Waals surface area contributed by atoms with Crippen LogP contribution in [0.15, 0.2) is 54.6 Å². The van der Waals surface area contributed by atoms with Crippen molar-refractivity contribution in [3.63, 3.8) is 0 Å². The highest BCUT2D eigenvalue weighted by Gasteiger charge is 2.45. The molecule has 1 saturated carbocycles. The largest absolute Gasteiger partial charge is 0.390 e. The highest BCUT2D eigenvalue weighted by atomic mass is 32.2. The number of nitrogens with zero attached hydrogens (tertiary/aromatic N) is 1. The molecule has 2 aromatic carbocycles. The molecule has 4 N–H and O–H groups in total. The second kappa shape index (κ2) is 15.8. The molecule has 6 atom stereocenters. The summed E-state index contributed by atoms with van der Waals surface area (Å²) >= 11 is 0. The summed E-state index contributed by atoms with van der Waals surface area (Å²) in [6.45, 7) is 12.3. The molecule has 2 aliphatic rings. The van der Waals surface area contributed by atoms with Crippen molar-refractivity contribution in [2.24, 2.45) is 11.8 Å². The van der Waals surface area contributed by atoms with Crippen molar-refractivity contribution < 1.29 is 23.1 Å². The molecule has 2 amide bonds. The molecule has 0 bridgehead atoms. The Labute approximate surface area is 288 Å². The van der Waals surface area contributed by atoms with Gasteiger partial charge in [0.2, 0.25) is 11.8 Å². The number of likely N-dealkylation sites (tertiary alicyclic amines) is 1. The lowest BCUT2D eigenvalue weighted by Gasteiger charge is -2.47. The van der Waals surface area contributed by atoms with Gasteiger partial charge in [-0.05, 0) is 89.3 Å². The number of carbonyl (C=O) groups is 2. The van der Waals surface area contributed by atoms with E-state index in [1.807, 2.05) is 82.3 Å². The van der Waals surface area contributed by atoms with Crippen LogP contribution in [-0.4, -0.2) is 84.1 Å². The quantitative estimate of drug-likeness (QED) is 0.250. The first-order valence-corrected chi connectivity index (χ1v) is 19.4. The molecule has 0 aromatic heterocycles. The van der Waals surface area contributed by atoms with Crippen LogP contribution in [0.1, 0.15) is 83.4 Å².